The predicted octanol–water partition coefficient (Wildman–Crippen LogP) is 1.95. The molecular weight excluding hydrogens is 242 g/mol. The Bertz CT molecular complexity index is 590. The van der Waals surface area contributed by atoms with Gasteiger partial charge in [-0.25, -0.2) is 4.68 Å². The normalized spacial score (nSPS) is 10.5. The molecule has 0 fully saturated rings. The van der Waals surface area contributed by atoms with Gasteiger partial charge in [-0.15, -0.1) is 0 Å². The summed E-state index contributed by atoms with van der Waals surface area (Å²) in [6, 6.07) is 5.59. The molecular formula is C13H17N5O. The number of rotatable bonds is 4. The minimum atomic E-state index is -0.199. The fraction of sp³-hybridized carbons (Fsp3) is 0.385. The first kappa shape index (κ1) is 13.2. The number of nitrogens with one attached hydrogen (secondary N) is 1. The molecule has 0 atom stereocenters. The molecule has 0 bridgehead atoms. The van der Waals surface area contributed by atoms with Crippen LogP contribution in [-0.2, 0) is 6.54 Å². The van der Waals surface area contributed by atoms with Crippen LogP contribution in [0.1, 0.15) is 34.8 Å². The maximum Gasteiger partial charge on any atom is 0.258 e. The van der Waals surface area contributed by atoms with Crippen molar-refractivity contribution in [2.45, 2.75) is 33.7 Å². The van der Waals surface area contributed by atoms with Gasteiger partial charge in [0.1, 0.15) is 0 Å². The lowest BCUT2D eigenvalue weighted by molar-refractivity contribution is 0.102. The van der Waals surface area contributed by atoms with E-state index >= 15 is 0 Å². The summed E-state index contributed by atoms with van der Waals surface area (Å²) >= 11 is 0. The van der Waals surface area contributed by atoms with E-state index in [0.717, 1.165) is 17.5 Å². The zero-order chi connectivity index (χ0) is 13.8. The lowest BCUT2D eigenvalue weighted by Gasteiger charge is -2.06. The first-order valence-corrected chi connectivity index (χ1v) is 6.26. The van der Waals surface area contributed by atoms with Gasteiger partial charge >= 0.3 is 0 Å². The van der Waals surface area contributed by atoms with E-state index in [1.165, 1.54) is 0 Å². The second-order valence-corrected chi connectivity index (χ2v) is 4.48. The summed E-state index contributed by atoms with van der Waals surface area (Å²) in [4.78, 5) is 12.1. The smallest absolute Gasteiger partial charge is 0.258 e. The summed E-state index contributed by atoms with van der Waals surface area (Å²) in [5.41, 5.74) is 2.85. The molecule has 0 saturated heterocycles. The largest absolute Gasteiger partial charge is 0.289 e. The Morgan fingerprint density at radius 2 is 2.11 bits per heavy atom. The Kier molecular flexibility index (Phi) is 3.89. The highest BCUT2D eigenvalue weighted by Crippen LogP contribution is 2.11. The van der Waals surface area contributed by atoms with Crippen LogP contribution in [-0.4, -0.2) is 26.1 Å². The number of hydrogen-bond donors (Lipinski definition) is 1. The summed E-state index contributed by atoms with van der Waals surface area (Å²) < 4.78 is 1.58. The highest BCUT2D eigenvalue weighted by molar-refractivity contribution is 6.03. The predicted molar refractivity (Wildman–Crippen MR) is 72.0 cm³/mol. The zero-order valence-corrected chi connectivity index (χ0v) is 11.3. The molecule has 1 aromatic heterocycles. The highest BCUT2D eigenvalue weighted by Gasteiger charge is 2.11. The number of aromatic nitrogens is 4. The summed E-state index contributed by atoms with van der Waals surface area (Å²) in [7, 11) is 0. The van der Waals surface area contributed by atoms with Crippen LogP contribution in [0.2, 0.25) is 0 Å². The minimum Gasteiger partial charge on any atom is -0.289 e. The van der Waals surface area contributed by atoms with Crippen LogP contribution in [0.25, 0.3) is 0 Å². The van der Waals surface area contributed by atoms with Crippen molar-refractivity contribution in [2.24, 2.45) is 0 Å². The Hall–Kier alpha value is -2.24. The molecule has 2 rings (SSSR count). The van der Waals surface area contributed by atoms with Crippen LogP contribution in [0, 0.1) is 13.8 Å². The molecule has 2 aromatic rings. The van der Waals surface area contributed by atoms with Crippen LogP contribution >= 0.6 is 0 Å². The Morgan fingerprint density at radius 1 is 1.32 bits per heavy atom. The maximum absolute atomic E-state index is 12.1. The molecule has 1 amide bonds. The lowest BCUT2D eigenvalue weighted by atomic mass is 10.1. The summed E-state index contributed by atoms with van der Waals surface area (Å²) in [6.45, 7) is 6.69. The third-order valence-corrected chi connectivity index (χ3v) is 2.96. The molecule has 0 aliphatic heterocycles. The molecule has 0 aliphatic rings. The van der Waals surface area contributed by atoms with Crippen molar-refractivity contribution in [3.8, 4) is 0 Å². The average Bonchev–Trinajstić information content (AvgIpc) is 2.80. The van der Waals surface area contributed by atoms with Gasteiger partial charge in [-0.2, -0.15) is 0 Å². The Labute approximate surface area is 111 Å². The van der Waals surface area contributed by atoms with Gasteiger partial charge in [0.25, 0.3) is 5.91 Å². The number of carbonyl (C=O) groups is 1. The first-order valence-electron chi connectivity index (χ1n) is 6.26. The van der Waals surface area contributed by atoms with Gasteiger partial charge in [0.15, 0.2) is 0 Å². The van der Waals surface area contributed by atoms with E-state index in [4.69, 9.17) is 0 Å². The zero-order valence-electron chi connectivity index (χ0n) is 11.3. The van der Waals surface area contributed by atoms with Gasteiger partial charge in [-0.1, -0.05) is 18.1 Å². The van der Waals surface area contributed by atoms with Crippen molar-refractivity contribution in [3.63, 3.8) is 0 Å². The van der Waals surface area contributed by atoms with Crippen molar-refractivity contribution in [1.29, 1.82) is 0 Å². The number of carbonyl (C=O) groups excluding carboxylic acids is 1. The number of nitrogens with zero attached hydrogens (tertiary/aromatic N) is 4. The Balaban J connectivity index is 2.16. The molecule has 1 N–H and O–H groups in total. The fourth-order valence-corrected chi connectivity index (χ4v) is 1.71. The van der Waals surface area contributed by atoms with Crippen molar-refractivity contribution in [1.82, 2.24) is 20.2 Å². The van der Waals surface area contributed by atoms with Crippen molar-refractivity contribution < 1.29 is 4.79 Å². The van der Waals surface area contributed by atoms with E-state index in [1.54, 1.807) is 10.7 Å². The summed E-state index contributed by atoms with van der Waals surface area (Å²) in [5, 5.41) is 13.9. The van der Waals surface area contributed by atoms with E-state index in [1.807, 2.05) is 32.9 Å². The topological polar surface area (TPSA) is 72.7 Å². The van der Waals surface area contributed by atoms with Gasteiger partial charge in [0, 0.05) is 12.1 Å². The number of anilines is 1. The number of benzene rings is 1. The highest BCUT2D eigenvalue weighted by atomic mass is 16.1. The standard InChI is InChI=1S/C13H17N5O/c1-4-7-18-13(15-16-17-18)14-12(19)11-6-5-9(2)10(3)8-11/h5-6,8H,4,7H2,1-3H3,(H,14,15,17,19). The molecule has 6 heteroatoms. The van der Waals surface area contributed by atoms with Crippen LogP contribution in [0.3, 0.4) is 0 Å². The van der Waals surface area contributed by atoms with Crippen LogP contribution in [0.15, 0.2) is 18.2 Å². The van der Waals surface area contributed by atoms with Crippen LogP contribution < -0.4 is 5.32 Å². The quantitative estimate of drug-likeness (QED) is 0.910. The molecule has 100 valence electrons. The SMILES string of the molecule is CCCn1nnnc1NC(=O)c1ccc(C)c(C)c1. The van der Waals surface area contributed by atoms with E-state index in [9.17, 15) is 4.79 Å². The number of amides is 1. The third kappa shape index (κ3) is 2.96. The molecule has 0 saturated carbocycles. The van der Waals surface area contributed by atoms with Gasteiger partial charge < -0.3 is 0 Å². The molecule has 6 nitrogen and oxygen atoms in total. The van der Waals surface area contributed by atoms with Gasteiger partial charge in [-0.05, 0) is 54.0 Å². The molecule has 0 radical (unpaired) electrons. The minimum absolute atomic E-state index is 0.199. The molecule has 0 aliphatic carbocycles. The van der Waals surface area contributed by atoms with E-state index in [2.05, 4.69) is 20.8 Å². The second kappa shape index (κ2) is 5.60. The van der Waals surface area contributed by atoms with Crippen LogP contribution in [0.5, 0.6) is 0 Å². The molecule has 1 heterocycles. The molecule has 19 heavy (non-hydrogen) atoms. The number of hydrogen-bond acceptors (Lipinski definition) is 4. The fourth-order valence-electron chi connectivity index (χ4n) is 1.71. The summed E-state index contributed by atoms with van der Waals surface area (Å²) in [5.74, 6) is 0.181. The number of aryl methyl sites for hydroxylation is 3. The maximum atomic E-state index is 12.1. The van der Waals surface area contributed by atoms with Crippen molar-refractivity contribution in [3.05, 3.63) is 34.9 Å². The molecule has 1 aromatic carbocycles. The van der Waals surface area contributed by atoms with Crippen molar-refractivity contribution in [2.75, 3.05) is 5.32 Å². The molecule has 0 unspecified atom stereocenters. The van der Waals surface area contributed by atoms with Gasteiger partial charge in [0.05, 0.1) is 0 Å². The van der Waals surface area contributed by atoms with E-state index < -0.39 is 0 Å². The lowest BCUT2D eigenvalue weighted by Crippen LogP contribution is -2.16. The van der Waals surface area contributed by atoms with E-state index in [0.29, 0.717) is 18.1 Å². The third-order valence-electron chi connectivity index (χ3n) is 2.96. The Morgan fingerprint density at radius 3 is 2.79 bits per heavy atom. The van der Waals surface area contributed by atoms with Gasteiger partial charge in [-0.3, -0.25) is 10.1 Å². The van der Waals surface area contributed by atoms with Crippen LogP contribution in [0.4, 0.5) is 5.95 Å². The first-order chi connectivity index (χ1) is 9.11. The summed E-state index contributed by atoms with van der Waals surface area (Å²) in [6.07, 6.45) is 0.900. The monoisotopic (exact) mass is 259 g/mol. The van der Waals surface area contributed by atoms with E-state index in [-0.39, 0.29) is 5.91 Å². The second-order valence-electron chi connectivity index (χ2n) is 4.48. The van der Waals surface area contributed by atoms with Crippen molar-refractivity contribution >= 4 is 11.9 Å². The average molecular weight is 259 g/mol. The van der Waals surface area contributed by atoms with Gasteiger partial charge in [0.2, 0.25) is 5.95 Å². The molecule has 0 spiro atoms. The number of tetrazole rings is 1.